The summed E-state index contributed by atoms with van der Waals surface area (Å²) in [6.45, 7) is 4.61. The van der Waals surface area contributed by atoms with Crippen LogP contribution in [-0.2, 0) is 6.42 Å². The largest absolute Gasteiger partial charge is 0.0654 e. The van der Waals surface area contributed by atoms with Gasteiger partial charge >= 0.3 is 0 Å². The van der Waals surface area contributed by atoms with E-state index in [4.69, 9.17) is 0 Å². The summed E-state index contributed by atoms with van der Waals surface area (Å²) in [6, 6.07) is 19.7. The second-order valence-corrected chi connectivity index (χ2v) is 5.64. The molecule has 0 saturated carbocycles. The average molecular weight is 266 g/mol. The van der Waals surface area contributed by atoms with Crippen molar-refractivity contribution in [1.29, 1.82) is 0 Å². The number of unbranched alkanes of at least 4 members (excludes halogenated alkanes) is 1. The highest BCUT2D eigenvalue weighted by Crippen LogP contribution is 2.27. The molecule has 0 nitrogen and oxygen atoms in total. The van der Waals surface area contributed by atoms with Gasteiger partial charge in [-0.2, -0.15) is 0 Å². The minimum atomic E-state index is 0.819. The first kappa shape index (κ1) is 14.8. The summed E-state index contributed by atoms with van der Waals surface area (Å²) in [7, 11) is 0. The Bertz CT molecular complexity index is 498. The van der Waals surface area contributed by atoms with Gasteiger partial charge in [0.25, 0.3) is 0 Å². The molecule has 0 heteroatoms. The van der Waals surface area contributed by atoms with Crippen molar-refractivity contribution in [3.05, 3.63) is 60.2 Å². The maximum absolute atomic E-state index is 2.32. The lowest BCUT2D eigenvalue weighted by Crippen LogP contribution is -2.04. The third-order valence-electron chi connectivity index (χ3n) is 4.15. The smallest absolute Gasteiger partial charge is 0.0152 e. The lowest BCUT2D eigenvalue weighted by atomic mass is 9.88. The summed E-state index contributed by atoms with van der Waals surface area (Å²) in [5, 5.41) is 0. The van der Waals surface area contributed by atoms with Crippen LogP contribution in [0.1, 0.15) is 45.1 Å². The summed E-state index contributed by atoms with van der Waals surface area (Å²) in [6.07, 6.45) is 6.50. The standard InChI is InChI=1S/C20H26/c1-3-5-11-17(4-2)16-19-14-9-10-15-20(19)18-12-7-6-8-13-18/h6-10,12-15,17H,3-5,11,16H2,1-2H3. The second kappa shape index (κ2) is 7.89. The molecule has 0 aliphatic carbocycles. The molecule has 2 rings (SSSR count). The summed E-state index contributed by atoms with van der Waals surface area (Å²) in [4.78, 5) is 0. The van der Waals surface area contributed by atoms with Gasteiger partial charge in [0.2, 0.25) is 0 Å². The van der Waals surface area contributed by atoms with Crippen LogP contribution in [0.5, 0.6) is 0 Å². The molecule has 0 N–H and O–H groups in total. The Morgan fingerprint density at radius 3 is 2.25 bits per heavy atom. The predicted octanol–water partition coefficient (Wildman–Crippen LogP) is 6.11. The molecule has 0 bridgehead atoms. The van der Waals surface area contributed by atoms with Gasteiger partial charge in [-0.15, -0.1) is 0 Å². The number of benzene rings is 2. The SMILES string of the molecule is CCCCC(CC)Cc1ccccc1-c1ccccc1. The zero-order valence-electron chi connectivity index (χ0n) is 12.8. The fourth-order valence-corrected chi connectivity index (χ4v) is 2.85. The molecule has 1 atom stereocenters. The predicted molar refractivity (Wildman–Crippen MR) is 88.9 cm³/mol. The van der Waals surface area contributed by atoms with Crippen molar-refractivity contribution in [3.8, 4) is 11.1 Å². The van der Waals surface area contributed by atoms with E-state index in [1.807, 2.05) is 0 Å². The Morgan fingerprint density at radius 2 is 1.55 bits per heavy atom. The molecule has 20 heavy (non-hydrogen) atoms. The van der Waals surface area contributed by atoms with Gasteiger partial charge in [0.1, 0.15) is 0 Å². The van der Waals surface area contributed by atoms with Crippen molar-refractivity contribution >= 4 is 0 Å². The van der Waals surface area contributed by atoms with Crippen molar-refractivity contribution in [1.82, 2.24) is 0 Å². The Kier molecular flexibility index (Phi) is 5.86. The van der Waals surface area contributed by atoms with E-state index >= 15 is 0 Å². The van der Waals surface area contributed by atoms with Crippen molar-refractivity contribution in [2.24, 2.45) is 5.92 Å². The van der Waals surface area contributed by atoms with Crippen LogP contribution in [0, 0.1) is 5.92 Å². The molecule has 0 saturated heterocycles. The van der Waals surface area contributed by atoms with Crippen molar-refractivity contribution in [2.75, 3.05) is 0 Å². The van der Waals surface area contributed by atoms with Gasteiger partial charge in [-0.3, -0.25) is 0 Å². The van der Waals surface area contributed by atoms with E-state index in [9.17, 15) is 0 Å². The van der Waals surface area contributed by atoms with Gasteiger partial charge < -0.3 is 0 Å². The quantitative estimate of drug-likeness (QED) is 0.567. The molecule has 106 valence electrons. The zero-order chi connectivity index (χ0) is 14.2. The number of rotatable bonds is 7. The van der Waals surface area contributed by atoms with Crippen molar-refractivity contribution in [2.45, 2.75) is 46.0 Å². The highest BCUT2D eigenvalue weighted by atomic mass is 14.2. The van der Waals surface area contributed by atoms with Crippen molar-refractivity contribution < 1.29 is 0 Å². The van der Waals surface area contributed by atoms with E-state index in [2.05, 4.69) is 68.4 Å². The van der Waals surface area contributed by atoms with Crippen LogP contribution in [0.15, 0.2) is 54.6 Å². The van der Waals surface area contributed by atoms with Gasteiger partial charge in [0.05, 0.1) is 0 Å². The van der Waals surface area contributed by atoms with E-state index in [-0.39, 0.29) is 0 Å². The normalized spacial score (nSPS) is 12.3. The van der Waals surface area contributed by atoms with Crippen LogP contribution in [-0.4, -0.2) is 0 Å². The summed E-state index contributed by atoms with van der Waals surface area (Å²) >= 11 is 0. The Balaban J connectivity index is 2.19. The molecule has 2 aromatic rings. The van der Waals surface area contributed by atoms with Crippen LogP contribution < -0.4 is 0 Å². The van der Waals surface area contributed by atoms with Gasteiger partial charge in [-0.25, -0.2) is 0 Å². The minimum Gasteiger partial charge on any atom is -0.0654 e. The highest BCUT2D eigenvalue weighted by Gasteiger charge is 2.10. The molecular weight excluding hydrogens is 240 g/mol. The van der Waals surface area contributed by atoms with Gasteiger partial charge in [-0.05, 0) is 29.0 Å². The number of hydrogen-bond donors (Lipinski definition) is 0. The number of hydrogen-bond acceptors (Lipinski definition) is 0. The lowest BCUT2D eigenvalue weighted by Gasteiger charge is -2.17. The van der Waals surface area contributed by atoms with Crippen LogP contribution in [0.25, 0.3) is 11.1 Å². The van der Waals surface area contributed by atoms with Crippen LogP contribution in [0.2, 0.25) is 0 Å². The minimum absolute atomic E-state index is 0.819. The molecule has 0 fully saturated rings. The first-order valence-corrected chi connectivity index (χ1v) is 7.98. The Hall–Kier alpha value is -1.56. The van der Waals surface area contributed by atoms with E-state index in [0.717, 1.165) is 5.92 Å². The molecule has 0 aliphatic heterocycles. The fourth-order valence-electron chi connectivity index (χ4n) is 2.85. The maximum atomic E-state index is 2.32. The van der Waals surface area contributed by atoms with Crippen LogP contribution in [0.4, 0.5) is 0 Å². The highest BCUT2D eigenvalue weighted by molar-refractivity contribution is 5.67. The molecule has 0 aromatic heterocycles. The van der Waals surface area contributed by atoms with E-state index in [1.54, 1.807) is 0 Å². The van der Waals surface area contributed by atoms with Gasteiger partial charge in [0, 0.05) is 0 Å². The third-order valence-corrected chi connectivity index (χ3v) is 4.15. The summed E-state index contributed by atoms with van der Waals surface area (Å²) < 4.78 is 0. The zero-order valence-corrected chi connectivity index (χ0v) is 12.8. The maximum Gasteiger partial charge on any atom is -0.0152 e. The molecule has 0 spiro atoms. The van der Waals surface area contributed by atoms with Crippen LogP contribution in [0.3, 0.4) is 0 Å². The topological polar surface area (TPSA) is 0 Å². The Morgan fingerprint density at radius 1 is 0.850 bits per heavy atom. The van der Waals surface area contributed by atoms with E-state index in [0.29, 0.717) is 0 Å². The average Bonchev–Trinajstić information content (AvgIpc) is 2.52. The lowest BCUT2D eigenvalue weighted by molar-refractivity contribution is 0.449. The van der Waals surface area contributed by atoms with E-state index in [1.165, 1.54) is 48.8 Å². The van der Waals surface area contributed by atoms with Gasteiger partial charge in [-0.1, -0.05) is 94.1 Å². The molecule has 0 radical (unpaired) electrons. The molecule has 0 aliphatic rings. The Labute approximate surface area is 123 Å². The monoisotopic (exact) mass is 266 g/mol. The van der Waals surface area contributed by atoms with Crippen LogP contribution >= 0.6 is 0 Å². The second-order valence-electron chi connectivity index (χ2n) is 5.64. The molecule has 1 unspecified atom stereocenters. The first-order chi connectivity index (χ1) is 9.85. The van der Waals surface area contributed by atoms with Crippen molar-refractivity contribution in [3.63, 3.8) is 0 Å². The molecule has 0 amide bonds. The van der Waals surface area contributed by atoms with E-state index < -0.39 is 0 Å². The van der Waals surface area contributed by atoms with Gasteiger partial charge in [0.15, 0.2) is 0 Å². The summed E-state index contributed by atoms with van der Waals surface area (Å²) in [5.41, 5.74) is 4.25. The summed E-state index contributed by atoms with van der Waals surface area (Å²) in [5.74, 6) is 0.819. The first-order valence-electron chi connectivity index (χ1n) is 7.98. The third kappa shape index (κ3) is 3.96. The fraction of sp³-hybridized carbons (Fsp3) is 0.400. The molecular formula is C20H26. The molecule has 0 heterocycles. The molecule has 2 aromatic carbocycles.